The number of hydrogen-bond acceptors (Lipinski definition) is 2. The second-order valence-electron chi connectivity index (χ2n) is 3.17. The summed E-state index contributed by atoms with van der Waals surface area (Å²) in [6, 6.07) is 9.73. The van der Waals surface area contributed by atoms with Crippen LogP contribution in [0.3, 0.4) is 0 Å². The Labute approximate surface area is 94.5 Å². The first-order valence-electron chi connectivity index (χ1n) is 5.02. The van der Waals surface area contributed by atoms with Crippen LogP contribution in [-0.4, -0.2) is 11.7 Å². The van der Waals surface area contributed by atoms with E-state index in [1.807, 2.05) is 43.3 Å². The summed E-state index contributed by atoms with van der Waals surface area (Å²) in [6.07, 6.45) is 3.29. The molecule has 1 aromatic rings. The maximum absolute atomic E-state index is 5.59. The quantitative estimate of drug-likeness (QED) is 0.742. The Balaban J connectivity index is 2.37. The highest BCUT2D eigenvalue weighted by atomic mass is 16.5. The zero-order chi connectivity index (χ0) is 11.4. The molecule has 3 heteroatoms. The van der Waals surface area contributed by atoms with Gasteiger partial charge in [-0.15, -0.1) is 0 Å². The molecule has 1 aromatic carbocycles. The molecule has 0 radical (unpaired) electrons. The van der Waals surface area contributed by atoms with Gasteiger partial charge in [-0.05, 0) is 25.1 Å². The molecule has 0 spiro atoms. The fraction of sp³-hybridized carbons (Fsp3) is 0.0769. The van der Waals surface area contributed by atoms with Gasteiger partial charge in [0.1, 0.15) is 0 Å². The van der Waals surface area contributed by atoms with Crippen molar-refractivity contribution < 1.29 is 4.74 Å². The van der Waals surface area contributed by atoms with Gasteiger partial charge < -0.3 is 4.74 Å². The molecule has 80 valence electrons. The van der Waals surface area contributed by atoms with Gasteiger partial charge in [0.25, 0.3) is 0 Å². The Hall–Kier alpha value is -2.16. The normalized spacial score (nSPS) is 19.7. The van der Waals surface area contributed by atoms with Gasteiger partial charge in [-0.25, -0.2) is 4.99 Å². The predicted molar refractivity (Wildman–Crippen MR) is 65.5 cm³/mol. The van der Waals surface area contributed by atoms with Crippen LogP contribution in [0.15, 0.2) is 64.9 Å². The Morgan fingerprint density at radius 2 is 2.06 bits per heavy atom. The molecule has 1 aliphatic rings. The van der Waals surface area contributed by atoms with Crippen molar-refractivity contribution in [1.82, 2.24) is 0 Å². The van der Waals surface area contributed by atoms with Crippen LogP contribution in [0.2, 0.25) is 0 Å². The van der Waals surface area contributed by atoms with Crippen LogP contribution in [0.1, 0.15) is 12.5 Å². The summed E-state index contributed by atoms with van der Waals surface area (Å²) < 4.78 is 5.59. The third-order valence-electron chi connectivity index (χ3n) is 2.13. The lowest BCUT2D eigenvalue weighted by Gasteiger charge is -2.00. The number of amidine groups is 1. The Morgan fingerprint density at radius 3 is 2.69 bits per heavy atom. The van der Waals surface area contributed by atoms with Crippen LogP contribution in [0.4, 0.5) is 0 Å². The lowest BCUT2D eigenvalue weighted by Crippen LogP contribution is -1.99. The molecule has 16 heavy (non-hydrogen) atoms. The summed E-state index contributed by atoms with van der Waals surface area (Å²) >= 11 is 0. The van der Waals surface area contributed by atoms with E-state index >= 15 is 0 Å². The SMILES string of the molecule is C=C/N=C1/N=C(c2ccccc2)O/C1=C/C. The highest BCUT2D eigenvalue weighted by molar-refractivity contribution is 6.14. The predicted octanol–water partition coefficient (Wildman–Crippen LogP) is 2.91. The maximum Gasteiger partial charge on any atom is 0.228 e. The number of aliphatic imine (C=N–C) groups is 2. The van der Waals surface area contributed by atoms with Gasteiger partial charge in [0.2, 0.25) is 5.90 Å². The number of rotatable bonds is 2. The van der Waals surface area contributed by atoms with Gasteiger partial charge in [-0.2, -0.15) is 4.99 Å². The van der Waals surface area contributed by atoms with E-state index in [0.717, 1.165) is 5.56 Å². The highest BCUT2D eigenvalue weighted by Gasteiger charge is 2.20. The summed E-state index contributed by atoms with van der Waals surface area (Å²) in [5, 5.41) is 0. The first-order valence-corrected chi connectivity index (χ1v) is 5.02. The number of allylic oxidation sites excluding steroid dienone is 1. The van der Waals surface area contributed by atoms with Crippen LogP contribution in [-0.2, 0) is 4.74 Å². The second kappa shape index (κ2) is 4.57. The van der Waals surface area contributed by atoms with Crippen LogP contribution < -0.4 is 0 Å². The van der Waals surface area contributed by atoms with E-state index in [2.05, 4.69) is 16.6 Å². The summed E-state index contributed by atoms with van der Waals surface area (Å²) in [7, 11) is 0. The van der Waals surface area contributed by atoms with Gasteiger partial charge in [-0.3, -0.25) is 0 Å². The lowest BCUT2D eigenvalue weighted by molar-refractivity contribution is 0.459. The second-order valence-corrected chi connectivity index (χ2v) is 3.17. The molecule has 0 amide bonds. The monoisotopic (exact) mass is 212 g/mol. The van der Waals surface area contributed by atoms with Crippen molar-refractivity contribution in [3.8, 4) is 0 Å². The van der Waals surface area contributed by atoms with Crippen molar-refractivity contribution in [2.45, 2.75) is 6.92 Å². The van der Waals surface area contributed by atoms with Gasteiger partial charge in [0, 0.05) is 11.8 Å². The molecule has 0 aliphatic carbocycles. The average molecular weight is 212 g/mol. The van der Waals surface area contributed by atoms with Crippen molar-refractivity contribution >= 4 is 11.7 Å². The smallest absolute Gasteiger partial charge is 0.228 e. The van der Waals surface area contributed by atoms with E-state index in [4.69, 9.17) is 4.74 Å². The van der Waals surface area contributed by atoms with Gasteiger partial charge >= 0.3 is 0 Å². The fourth-order valence-electron chi connectivity index (χ4n) is 1.40. The molecule has 0 N–H and O–H groups in total. The minimum absolute atomic E-state index is 0.566. The molecule has 0 unspecified atom stereocenters. The van der Waals surface area contributed by atoms with E-state index in [1.54, 1.807) is 0 Å². The summed E-state index contributed by atoms with van der Waals surface area (Å²) in [4.78, 5) is 8.36. The van der Waals surface area contributed by atoms with E-state index in [0.29, 0.717) is 17.5 Å². The van der Waals surface area contributed by atoms with E-state index in [-0.39, 0.29) is 0 Å². The maximum atomic E-state index is 5.59. The van der Waals surface area contributed by atoms with Crippen LogP contribution in [0, 0.1) is 0 Å². The molecule has 0 aromatic heterocycles. The molecule has 2 rings (SSSR count). The summed E-state index contributed by atoms with van der Waals surface area (Å²) in [5.74, 6) is 1.81. The largest absolute Gasteiger partial charge is 0.435 e. The van der Waals surface area contributed by atoms with E-state index < -0.39 is 0 Å². The van der Waals surface area contributed by atoms with Crippen molar-refractivity contribution in [3.63, 3.8) is 0 Å². The first-order chi connectivity index (χ1) is 7.85. The summed E-state index contributed by atoms with van der Waals surface area (Å²) in [5.41, 5.74) is 0.941. The molecule has 0 fully saturated rings. The van der Waals surface area contributed by atoms with Gasteiger partial charge in [0.05, 0.1) is 0 Å². The van der Waals surface area contributed by atoms with E-state index in [9.17, 15) is 0 Å². The fourth-order valence-corrected chi connectivity index (χ4v) is 1.40. The van der Waals surface area contributed by atoms with Gasteiger partial charge in [0.15, 0.2) is 11.6 Å². The van der Waals surface area contributed by atoms with Crippen LogP contribution >= 0.6 is 0 Å². The van der Waals surface area contributed by atoms with E-state index in [1.165, 1.54) is 6.20 Å². The molecule has 0 bridgehead atoms. The number of hydrogen-bond donors (Lipinski definition) is 0. The minimum Gasteiger partial charge on any atom is -0.435 e. The van der Waals surface area contributed by atoms with Gasteiger partial charge in [-0.1, -0.05) is 24.8 Å². The van der Waals surface area contributed by atoms with Crippen molar-refractivity contribution in [1.29, 1.82) is 0 Å². The third-order valence-corrected chi connectivity index (χ3v) is 2.13. The molecule has 1 aliphatic heterocycles. The topological polar surface area (TPSA) is 34.0 Å². The zero-order valence-corrected chi connectivity index (χ0v) is 9.05. The van der Waals surface area contributed by atoms with Crippen LogP contribution in [0.25, 0.3) is 0 Å². The number of nitrogens with zero attached hydrogens (tertiary/aromatic N) is 2. The Kier molecular flexibility index (Phi) is 2.96. The molecule has 0 atom stereocenters. The minimum atomic E-state index is 0.566. The lowest BCUT2D eigenvalue weighted by atomic mass is 10.2. The van der Waals surface area contributed by atoms with Crippen molar-refractivity contribution in [3.05, 3.63) is 60.5 Å². The third kappa shape index (κ3) is 1.93. The molecule has 0 saturated carbocycles. The Bertz CT molecular complexity index is 484. The molecule has 1 heterocycles. The zero-order valence-electron chi connectivity index (χ0n) is 9.05. The molecular formula is C13H12N2O. The Morgan fingerprint density at radius 1 is 1.31 bits per heavy atom. The molecule has 3 nitrogen and oxygen atoms in total. The average Bonchev–Trinajstić information content (AvgIpc) is 2.74. The summed E-state index contributed by atoms with van der Waals surface area (Å²) in [6.45, 7) is 5.44. The van der Waals surface area contributed by atoms with Crippen LogP contribution in [0.5, 0.6) is 0 Å². The van der Waals surface area contributed by atoms with Crippen molar-refractivity contribution in [2.75, 3.05) is 0 Å². The molecule has 0 saturated heterocycles. The molecular weight excluding hydrogens is 200 g/mol. The van der Waals surface area contributed by atoms with Crippen molar-refractivity contribution in [2.24, 2.45) is 9.98 Å². The standard InChI is InChI=1S/C13H12N2O/c1-3-11-12(14-4-2)15-13(16-11)10-8-6-5-7-9-10/h3-9H,2H2,1H3/b11-3+,14-12+. The highest BCUT2D eigenvalue weighted by Crippen LogP contribution is 2.17. The number of ether oxygens (including phenoxy) is 1. The number of benzene rings is 1. The first kappa shape index (κ1) is 10.4.